The number of piperidine rings is 1. The topological polar surface area (TPSA) is 64.2 Å². The number of amides is 1. The number of aromatic nitrogens is 2. The van der Waals surface area contributed by atoms with Crippen LogP contribution in [0.25, 0.3) is 11.0 Å². The molecular formula is C15H19ClN4O. The fraction of sp³-hybridized carbons (Fsp3) is 0.467. The molecule has 5 nitrogen and oxygen atoms in total. The van der Waals surface area contributed by atoms with Crippen molar-refractivity contribution in [2.75, 3.05) is 13.1 Å². The zero-order valence-corrected chi connectivity index (χ0v) is 12.8. The van der Waals surface area contributed by atoms with E-state index >= 15 is 0 Å². The summed E-state index contributed by atoms with van der Waals surface area (Å²) in [6, 6.07) is 5.76. The summed E-state index contributed by atoms with van der Waals surface area (Å²) >= 11 is 6.01. The van der Waals surface area contributed by atoms with Crippen molar-refractivity contribution < 1.29 is 4.79 Å². The van der Waals surface area contributed by atoms with E-state index in [4.69, 9.17) is 17.3 Å². The molecule has 3 rings (SSSR count). The number of aryl methyl sites for hydroxylation is 1. The highest BCUT2D eigenvalue weighted by atomic mass is 35.5. The van der Waals surface area contributed by atoms with Gasteiger partial charge in [0.25, 0.3) is 0 Å². The Morgan fingerprint density at radius 2 is 2.14 bits per heavy atom. The SMILES string of the molecule is Cn1c(CN2CCC(C(N)=O)CC2)nc2cc(Cl)ccc21. The summed E-state index contributed by atoms with van der Waals surface area (Å²) in [6.45, 7) is 2.56. The lowest BCUT2D eigenvalue weighted by molar-refractivity contribution is -0.123. The quantitative estimate of drug-likeness (QED) is 0.942. The van der Waals surface area contributed by atoms with Crippen LogP contribution in [0.5, 0.6) is 0 Å². The van der Waals surface area contributed by atoms with Gasteiger partial charge in [-0.2, -0.15) is 0 Å². The summed E-state index contributed by atoms with van der Waals surface area (Å²) in [6.07, 6.45) is 1.68. The van der Waals surface area contributed by atoms with E-state index in [-0.39, 0.29) is 11.8 Å². The molecule has 21 heavy (non-hydrogen) atoms. The summed E-state index contributed by atoms with van der Waals surface area (Å²) in [4.78, 5) is 18.2. The molecule has 1 fully saturated rings. The number of hydrogen-bond acceptors (Lipinski definition) is 3. The largest absolute Gasteiger partial charge is 0.369 e. The summed E-state index contributed by atoms with van der Waals surface area (Å²) in [5, 5.41) is 0.703. The maximum Gasteiger partial charge on any atom is 0.220 e. The number of likely N-dealkylation sites (tertiary alicyclic amines) is 1. The number of hydrogen-bond donors (Lipinski definition) is 1. The number of carbonyl (C=O) groups is 1. The Morgan fingerprint density at radius 1 is 1.43 bits per heavy atom. The molecule has 2 N–H and O–H groups in total. The van der Waals surface area contributed by atoms with Gasteiger partial charge in [-0.05, 0) is 44.1 Å². The molecule has 1 saturated heterocycles. The Bertz CT molecular complexity index is 674. The summed E-state index contributed by atoms with van der Waals surface area (Å²) in [7, 11) is 2.02. The van der Waals surface area contributed by atoms with Gasteiger partial charge in [0.05, 0.1) is 17.6 Å². The van der Waals surface area contributed by atoms with E-state index in [9.17, 15) is 4.79 Å². The molecule has 1 aliphatic heterocycles. The van der Waals surface area contributed by atoms with Crippen molar-refractivity contribution in [2.24, 2.45) is 18.7 Å². The molecule has 0 aliphatic carbocycles. The molecule has 2 heterocycles. The average Bonchev–Trinajstić information content (AvgIpc) is 2.75. The molecule has 1 amide bonds. The van der Waals surface area contributed by atoms with E-state index in [1.165, 1.54) is 0 Å². The van der Waals surface area contributed by atoms with Crippen molar-refractivity contribution >= 4 is 28.5 Å². The highest BCUT2D eigenvalue weighted by Crippen LogP contribution is 2.22. The van der Waals surface area contributed by atoms with Crippen LogP contribution >= 0.6 is 11.6 Å². The minimum absolute atomic E-state index is 0.0282. The third-order valence-corrected chi connectivity index (χ3v) is 4.53. The van der Waals surface area contributed by atoms with Crippen molar-refractivity contribution in [1.82, 2.24) is 14.5 Å². The van der Waals surface area contributed by atoms with E-state index in [1.807, 2.05) is 25.2 Å². The number of rotatable bonds is 3. The molecule has 6 heteroatoms. The van der Waals surface area contributed by atoms with Gasteiger partial charge in [-0.1, -0.05) is 11.6 Å². The number of nitrogens with two attached hydrogens (primary N) is 1. The molecule has 0 spiro atoms. The van der Waals surface area contributed by atoms with Gasteiger partial charge >= 0.3 is 0 Å². The van der Waals surface area contributed by atoms with Gasteiger partial charge in [-0.25, -0.2) is 4.98 Å². The normalized spacial score (nSPS) is 17.4. The fourth-order valence-electron chi connectivity index (χ4n) is 2.94. The molecule has 1 aliphatic rings. The van der Waals surface area contributed by atoms with Crippen LogP contribution in [0, 0.1) is 5.92 Å². The predicted molar refractivity (Wildman–Crippen MR) is 82.9 cm³/mol. The molecule has 0 radical (unpaired) electrons. The van der Waals surface area contributed by atoms with Gasteiger partial charge in [0.15, 0.2) is 0 Å². The fourth-order valence-corrected chi connectivity index (χ4v) is 3.11. The number of primary amides is 1. The van der Waals surface area contributed by atoms with Crippen LogP contribution in [0.1, 0.15) is 18.7 Å². The lowest BCUT2D eigenvalue weighted by Gasteiger charge is -2.30. The van der Waals surface area contributed by atoms with Crippen molar-refractivity contribution in [3.05, 3.63) is 29.0 Å². The summed E-state index contributed by atoms with van der Waals surface area (Å²) < 4.78 is 2.10. The van der Waals surface area contributed by atoms with Gasteiger partial charge in [0, 0.05) is 18.0 Å². The first-order valence-corrected chi connectivity index (χ1v) is 7.55. The second-order valence-corrected chi connectivity index (χ2v) is 6.11. The van der Waals surface area contributed by atoms with E-state index in [0.29, 0.717) is 5.02 Å². The van der Waals surface area contributed by atoms with Crippen molar-refractivity contribution in [3.63, 3.8) is 0 Å². The van der Waals surface area contributed by atoms with Crippen LogP contribution in [0.15, 0.2) is 18.2 Å². The van der Waals surface area contributed by atoms with Crippen LogP contribution in [-0.2, 0) is 18.4 Å². The zero-order valence-electron chi connectivity index (χ0n) is 12.1. The molecule has 1 aromatic heterocycles. The second kappa shape index (κ2) is 5.66. The first kappa shape index (κ1) is 14.4. The molecular weight excluding hydrogens is 288 g/mol. The summed E-state index contributed by atoms with van der Waals surface area (Å²) in [5.41, 5.74) is 7.38. The van der Waals surface area contributed by atoms with Crippen LogP contribution < -0.4 is 5.73 Å². The van der Waals surface area contributed by atoms with Crippen LogP contribution in [0.3, 0.4) is 0 Å². The van der Waals surface area contributed by atoms with Crippen LogP contribution in [0.4, 0.5) is 0 Å². The van der Waals surface area contributed by atoms with Gasteiger partial charge < -0.3 is 10.3 Å². The van der Waals surface area contributed by atoms with E-state index < -0.39 is 0 Å². The number of halogens is 1. The maximum absolute atomic E-state index is 11.2. The predicted octanol–water partition coefficient (Wildman–Crippen LogP) is 1.92. The van der Waals surface area contributed by atoms with Crippen molar-refractivity contribution in [1.29, 1.82) is 0 Å². The van der Waals surface area contributed by atoms with E-state index in [0.717, 1.165) is 49.3 Å². The smallest absolute Gasteiger partial charge is 0.220 e. The van der Waals surface area contributed by atoms with Crippen LogP contribution in [0.2, 0.25) is 5.02 Å². The highest BCUT2D eigenvalue weighted by Gasteiger charge is 2.24. The van der Waals surface area contributed by atoms with Gasteiger partial charge in [0.1, 0.15) is 5.82 Å². The monoisotopic (exact) mass is 306 g/mol. The Hall–Kier alpha value is -1.59. The van der Waals surface area contributed by atoms with Gasteiger partial charge in [-0.15, -0.1) is 0 Å². The third-order valence-electron chi connectivity index (χ3n) is 4.29. The standard InChI is InChI=1S/C15H19ClN4O/c1-19-13-3-2-11(16)8-12(13)18-14(19)9-20-6-4-10(5-7-20)15(17)21/h2-3,8,10H,4-7,9H2,1H3,(H2,17,21). The Labute approximate surface area is 128 Å². The van der Waals surface area contributed by atoms with E-state index in [1.54, 1.807) is 0 Å². The first-order chi connectivity index (χ1) is 10.0. The number of fused-ring (bicyclic) bond motifs is 1. The first-order valence-electron chi connectivity index (χ1n) is 7.17. The number of benzene rings is 1. The maximum atomic E-state index is 11.2. The van der Waals surface area contributed by atoms with Gasteiger partial charge in [0.2, 0.25) is 5.91 Å². The van der Waals surface area contributed by atoms with Crippen molar-refractivity contribution in [3.8, 4) is 0 Å². The minimum Gasteiger partial charge on any atom is -0.369 e. The molecule has 112 valence electrons. The molecule has 0 unspecified atom stereocenters. The lowest BCUT2D eigenvalue weighted by Crippen LogP contribution is -2.38. The van der Waals surface area contributed by atoms with Gasteiger partial charge in [-0.3, -0.25) is 9.69 Å². The molecule has 1 aromatic carbocycles. The highest BCUT2D eigenvalue weighted by molar-refractivity contribution is 6.31. The molecule has 0 saturated carbocycles. The molecule has 0 bridgehead atoms. The number of nitrogens with zero attached hydrogens (tertiary/aromatic N) is 3. The second-order valence-electron chi connectivity index (χ2n) is 5.67. The Morgan fingerprint density at radius 3 is 2.81 bits per heavy atom. The Balaban J connectivity index is 1.74. The average molecular weight is 307 g/mol. The third kappa shape index (κ3) is 2.89. The lowest BCUT2D eigenvalue weighted by atomic mass is 9.96. The number of imidazole rings is 1. The Kier molecular flexibility index (Phi) is 3.87. The van der Waals surface area contributed by atoms with Crippen molar-refractivity contribution in [2.45, 2.75) is 19.4 Å². The van der Waals surface area contributed by atoms with E-state index in [2.05, 4.69) is 14.5 Å². The minimum atomic E-state index is -0.174. The molecule has 0 atom stereocenters. The number of carbonyl (C=O) groups excluding carboxylic acids is 1. The summed E-state index contributed by atoms with van der Waals surface area (Å²) in [5.74, 6) is 0.873. The zero-order chi connectivity index (χ0) is 15.0. The molecule has 2 aromatic rings. The van der Waals surface area contributed by atoms with Crippen LogP contribution in [-0.4, -0.2) is 33.4 Å².